The third-order valence-corrected chi connectivity index (χ3v) is 2.19. The topological polar surface area (TPSA) is 69.4 Å². The number of hydrogen-bond donors (Lipinski definition) is 0. The Morgan fingerprint density at radius 3 is 2.50 bits per heavy atom. The van der Waals surface area contributed by atoms with E-state index in [-0.39, 0.29) is 23.0 Å². The summed E-state index contributed by atoms with van der Waals surface area (Å²) in [5.41, 5.74) is -0.0844. The Labute approximate surface area is 93.2 Å². The zero-order valence-electron chi connectivity index (χ0n) is 9.39. The molecule has 0 N–H and O–H groups in total. The standard InChI is InChI=1S/C11H13NO4/c1-7(2)11(13)9-6-8(16-3)4-5-10(9)12(14)15/h4-7H,1-3H3. The second-order valence-electron chi connectivity index (χ2n) is 3.66. The first-order valence-electron chi connectivity index (χ1n) is 4.84. The van der Waals surface area contributed by atoms with Crippen LogP contribution in [0.5, 0.6) is 5.75 Å². The molecule has 16 heavy (non-hydrogen) atoms. The van der Waals surface area contributed by atoms with E-state index in [0.717, 1.165) is 0 Å². The number of nitro groups is 1. The summed E-state index contributed by atoms with van der Waals surface area (Å²) >= 11 is 0. The quantitative estimate of drug-likeness (QED) is 0.446. The summed E-state index contributed by atoms with van der Waals surface area (Å²) in [6.45, 7) is 3.40. The maximum atomic E-state index is 11.8. The summed E-state index contributed by atoms with van der Waals surface area (Å²) in [5.74, 6) is -0.106. The molecule has 0 heterocycles. The maximum Gasteiger partial charge on any atom is 0.280 e. The van der Waals surface area contributed by atoms with E-state index in [1.807, 2.05) is 0 Å². The molecule has 0 aliphatic rings. The second kappa shape index (κ2) is 4.74. The van der Waals surface area contributed by atoms with E-state index in [1.165, 1.54) is 25.3 Å². The van der Waals surface area contributed by atoms with Gasteiger partial charge in [-0.25, -0.2) is 0 Å². The largest absolute Gasteiger partial charge is 0.497 e. The van der Waals surface area contributed by atoms with Crippen LogP contribution in [0.25, 0.3) is 0 Å². The average molecular weight is 223 g/mol. The molecule has 0 fully saturated rings. The molecular weight excluding hydrogens is 210 g/mol. The van der Waals surface area contributed by atoms with Crippen LogP contribution >= 0.6 is 0 Å². The normalized spacial score (nSPS) is 10.2. The molecule has 0 atom stereocenters. The van der Waals surface area contributed by atoms with Gasteiger partial charge in [-0.15, -0.1) is 0 Å². The zero-order valence-corrected chi connectivity index (χ0v) is 9.39. The van der Waals surface area contributed by atoms with E-state index in [1.54, 1.807) is 13.8 Å². The molecule has 86 valence electrons. The number of ketones is 1. The van der Waals surface area contributed by atoms with Crippen LogP contribution in [0.2, 0.25) is 0 Å². The molecule has 0 bridgehead atoms. The number of nitro benzene ring substituents is 1. The van der Waals surface area contributed by atoms with Crippen molar-refractivity contribution in [2.75, 3.05) is 7.11 Å². The summed E-state index contributed by atoms with van der Waals surface area (Å²) in [4.78, 5) is 22.0. The number of methoxy groups -OCH3 is 1. The number of hydrogen-bond acceptors (Lipinski definition) is 4. The Balaban J connectivity index is 3.31. The molecule has 0 aromatic heterocycles. The summed E-state index contributed by atoms with van der Waals surface area (Å²) in [6, 6.07) is 4.16. The number of carbonyl (C=O) groups excluding carboxylic acids is 1. The predicted molar refractivity (Wildman–Crippen MR) is 58.8 cm³/mol. The van der Waals surface area contributed by atoms with Crippen LogP contribution in [-0.4, -0.2) is 17.8 Å². The molecule has 1 aromatic rings. The van der Waals surface area contributed by atoms with Crippen molar-refractivity contribution in [3.8, 4) is 5.75 Å². The lowest BCUT2D eigenvalue weighted by Gasteiger charge is -2.07. The van der Waals surface area contributed by atoms with Gasteiger partial charge in [-0.1, -0.05) is 13.8 Å². The van der Waals surface area contributed by atoms with Gasteiger partial charge in [0.05, 0.1) is 17.6 Å². The SMILES string of the molecule is COc1ccc([N+](=O)[O-])c(C(=O)C(C)C)c1. The molecule has 1 rings (SSSR count). The molecule has 0 saturated carbocycles. The van der Waals surface area contributed by atoms with E-state index in [0.29, 0.717) is 5.75 Å². The smallest absolute Gasteiger partial charge is 0.280 e. The van der Waals surface area contributed by atoms with Gasteiger partial charge < -0.3 is 4.74 Å². The van der Waals surface area contributed by atoms with E-state index >= 15 is 0 Å². The van der Waals surface area contributed by atoms with Crippen molar-refractivity contribution in [3.63, 3.8) is 0 Å². The van der Waals surface area contributed by atoms with Gasteiger partial charge >= 0.3 is 0 Å². The summed E-state index contributed by atoms with van der Waals surface area (Å²) in [7, 11) is 1.45. The van der Waals surface area contributed by atoms with Gasteiger partial charge in [0.2, 0.25) is 0 Å². The molecule has 0 saturated heterocycles. The minimum Gasteiger partial charge on any atom is -0.497 e. The molecular formula is C11H13NO4. The molecule has 0 radical (unpaired) electrons. The molecule has 0 amide bonds. The van der Waals surface area contributed by atoms with Gasteiger partial charge in [-0.2, -0.15) is 0 Å². The number of carbonyl (C=O) groups is 1. The Morgan fingerprint density at radius 1 is 1.44 bits per heavy atom. The highest BCUT2D eigenvalue weighted by Gasteiger charge is 2.22. The summed E-state index contributed by atoms with van der Waals surface area (Å²) in [5, 5.41) is 10.8. The van der Waals surface area contributed by atoms with E-state index in [4.69, 9.17) is 4.74 Å². The van der Waals surface area contributed by atoms with Crippen molar-refractivity contribution in [3.05, 3.63) is 33.9 Å². The van der Waals surface area contributed by atoms with Crippen molar-refractivity contribution >= 4 is 11.5 Å². The Morgan fingerprint density at radius 2 is 2.06 bits per heavy atom. The average Bonchev–Trinajstić information content (AvgIpc) is 2.26. The molecule has 1 aromatic carbocycles. The van der Waals surface area contributed by atoms with Crippen molar-refractivity contribution < 1.29 is 14.5 Å². The van der Waals surface area contributed by atoms with Gasteiger partial charge in [0.15, 0.2) is 5.78 Å². The number of rotatable bonds is 4. The minimum absolute atomic E-state index is 0.0966. The van der Waals surface area contributed by atoms with Gasteiger partial charge in [0.1, 0.15) is 5.75 Å². The van der Waals surface area contributed by atoms with E-state index in [2.05, 4.69) is 0 Å². The minimum atomic E-state index is -0.560. The highest BCUT2D eigenvalue weighted by atomic mass is 16.6. The first kappa shape index (κ1) is 12.2. The second-order valence-corrected chi connectivity index (χ2v) is 3.66. The summed E-state index contributed by atoms with van der Waals surface area (Å²) < 4.78 is 4.94. The van der Waals surface area contributed by atoms with Gasteiger partial charge in [-0.3, -0.25) is 14.9 Å². The maximum absolute atomic E-state index is 11.8. The van der Waals surface area contributed by atoms with Gasteiger partial charge in [0, 0.05) is 12.0 Å². The first-order chi connectivity index (χ1) is 7.47. The van der Waals surface area contributed by atoms with Crippen molar-refractivity contribution in [2.45, 2.75) is 13.8 Å². The van der Waals surface area contributed by atoms with Gasteiger partial charge in [0.25, 0.3) is 5.69 Å². The van der Waals surface area contributed by atoms with Crippen LogP contribution in [-0.2, 0) is 0 Å². The van der Waals surface area contributed by atoms with Crippen LogP contribution in [0.15, 0.2) is 18.2 Å². The van der Waals surface area contributed by atoms with Crippen molar-refractivity contribution in [1.29, 1.82) is 0 Å². The predicted octanol–water partition coefficient (Wildman–Crippen LogP) is 2.44. The highest BCUT2D eigenvalue weighted by Crippen LogP contribution is 2.26. The Hall–Kier alpha value is -1.91. The Kier molecular flexibility index (Phi) is 3.60. The van der Waals surface area contributed by atoms with Crippen molar-refractivity contribution in [2.24, 2.45) is 5.92 Å². The van der Waals surface area contributed by atoms with Gasteiger partial charge in [-0.05, 0) is 12.1 Å². The number of ether oxygens (including phenoxy) is 1. The lowest BCUT2D eigenvalue weighted by molar-refractivity contribution is -0.385. The lowest BCUT2D eigenvalue weighted by atomic mass is 9.99. The molecule has 0 aliphatic heterocycles. The molecule has 0 unspecified atom stereocenters. The van der Waals surface area contributed by atoms with E-state index in [9.17, 15) is 14.9 Å². The molecule has 5 nitrogen and oxygen atoms in total. The summed E-state index contributed by atoms with van der Waals surface area (Å²) in [6.07, 6.45) is 0. The molecule has 0 aliphatic carbocycles. The fourth-order valence-corrected chi connectivity index (χ4v) is 1.31. The fraction of sp³-hybridized carbons (Fsp3) is 0.364. The van der Waals surface area contributed by atoms with Crippen LogP contribution in [0.1, 0.15) is 24.2 Å². The van der Waals surface area contributed by atoms with Crippen LogP contribution in [0.3, 0.4) is 0 Å². The van der Waals surface area contributed by atoms with E-state index < -0.39 is 4.92 Å². The van der Waals surface area contributed by atoms with Crippen LogP contribution in [0, 0.1) is 16.0 Å². The monoisotopic (exact) mass is 223 g/mol. The van der Waals surface area contributed by atoms with Crippen LogP contribution in [0.4, 0.5) is 5.69 Å². The Bertz CT molecular complexity index is 426. The molecule has 0 spiro atoms. The fourth-order valence-electron chi connectivity index (χ4n) is 1.31. The first-order valence-corrected chi connectivity index (χ1v) is 4.84. The third kappa shape index (κ3) is 2.36. The van der Waals surface area contributed by atoms with Crippen LogP contribution < -0.4 is 4.74 Å². The number of benzene rings is 1. The third-order valence-electron chi connectivity index (χ3n) is 2.19. The number of Topliss-reactive ketones (excluding diaryl/α,β-unsaturated/α-hetero) is 1. The lowest BCUT2D eigenvalue weighted by Crippen LogP contribution is -2.10. The zero-order chi connectivity index (χ0) is 12.3. The van der Waals surface area contributed by atoms with Crippen molar-refractivity contribution in [1.82, 2.24) is 0 Å². The molecule has 5 heteroatoms. The highest BCUT2D eigenvalue weighted by molar-refractivity contribution is 6.01. The number of nitrogens with zero attached hydrogens (tertiary/aromatic N) is 1.